The van der Waals surface area contributed by atoms with Crippen molar-refractivity contribution in [3.63, 3.8) is 0 Å². The van der Waals surface area contributed by atoms with Crippen molar-refractivity contribution in [3.05, 3.63) is 23.3 Å². The molecule has 1 atom stereocenters. The molecule has 0 bridgehead atoms. The Kier molecular flexibility index (Phi) is 2.89. The van der Waals surface area contributed by atoms with E-state index in [1.165, 1.54) is 17.6 Å². The first kappa shape index (κ1) is 8.54. The van der Waals surface area contributed by atoms with Gasteiger partial charge < -0.3 is 5.32 Å². The van der Waals surface area contributed by atoms with Crippen LogP contribution in [-0.2, 0) is 0 Å². The highest BCUT2D eigenvalue weighted by Gasteiger charge is 2.07. The molecule has 0 radical (unpaired) electrons. The van der Waals surface area contributed by atoms with Crippen LogP contribution in [0.3, 0.4) is 0 Å². The molecule has 0 aliphatic heterocycles. The molecule has 1 nitrogen and oxygen atoms in total. The van der Waals surface area contributed by atoms with Crippen molar-refractivity contribution in [1.29, 1.82) is 0 Å². The summed E-state index contributed by atoms with van der Waals surface area (Å²) >= 11 is 0. The van der Waals surface area contributed by atoms with Crippen LogP contribution >= 0.6 is 0 Å². The van der Waals surface area contributed by atoms with E-state index in [0.29, 0.717) is 0 Å². The third-order valence-electron chi connectivity index (χ3n) is 2.17. The summed E-state index contributed by atoms with van der Waals surface area (Å²) in [6, 6.07) is 0. The molecule has 0 fully saturated rings. The van der Waals surface area contributed by atoms with Gasteiger partial charge in [-0.05, 0) is 31.9 Å². The van der Waals surface area contributed by atoms with Crippen molar-refractivity contribution >= 4 is 0 Å². The number of allylic oxidation sites excluding steroid dienone is 2. The van der Waals surface area contributed by atoms with Crippen molar-refractivity contribution in [2.24, 2.45) is 5.92 Å². The Bertz CT molecular complexity index is 189. The SMILES string of the molecule is CNCC1=C(C)CC(C)C=C1. The summed E-state index contributed by atoms with van der Waals surface area (Å²) in [6.07, 6.45) is 5.77. The molecule has 0 aromatic rings. The summed E-state index contributed by atoms with van der Waals surface area (Å²) in [4.78, 5) is 0. The third kappa shape index (κ3) is 2.19. The van der Waals surface area contributed by atoms with E-state index in [2.05, 4.69) is 31.3 Å². The number of rotatable bonds is 2. The summed E-state index contributed by atoms with van der Waals surface area (Å²) < 4.78 is 0. The maximum absolute atomic E-state index is 3.17. The summed E-state index contributed by atoms with van der Waals surface area (Å²) in [5.41, 5.74) is 3.00. The van der Waals surface area contributed by atoms with Gasteiger partial charge in [-0.1, -0.05) is 24.6 Å². The summed E-state index contributed by atoms with van der Waals surface area (Å²) in [6.45, 7) is 5.50. The minimum Gasteiger partial charge on any atom is -0.316 e. The largest absolute Gasteiger partial charge is 0.316 e. The Morgan fingerprint density at radius 2 is 2.36 bits per heavy atom. The highest BCUT2D eigenvalue weighted by molar-refractivity contribution is 5.30. The van der Waals surface area contributed by atoms with E-state index in [9.17, 15) is 0 Å². The van der Waals surface area contributed by atoms with Gasteiger partial charge in [0.2, 0.25) is 0 Å². The molecule has 1 rings (SSSR count). The second-order valence-electron chi connectivity index (χ2n) is 3.38. The van der Waals surface area contributed by atoms with Gasteiger partial charge in [0.05, 0.1) is 0 Å². The van der Waals surface area contributed by atoms with Gasteiger partial charge in [-0.15, -0.1) is 0 Å². The van der Waals surface area contributed by atoms with Crippen molar-refractivity contribution in [2.45, 2.75) is 20.3 Å². The van der Waals surface area contributed by atoms with Crippen LogP contribution in [0.15, 0.2) is 23.3 Å². The van der Waals surface area contributed by atoms with Gasteiger partial charge in [-0.2, -0.15) is 0 Å². The lowest BCUT2D eigenvalue weighted by atomic mass is 9.92. The highest BCUT2D eigenvalue weighted by atomic mass is 14.8. The molecule has 0 amide bonds. The molecule has 1 aliphatic rings. The summed E-state index contributed by atoms with van der Waals surface area (Å²) in [7, 11) is 1.99. The molecule has 1 heteroatoms. The molecule has 62 valence electrons. The topological polar surface area (TPSA) is 12.0 Å². The third-order valence-corrected chi connectivity index (χ3v) is 2.17. The molecule has 1 unspecified atom stereocenters. The maximum atomic E-state index is 3.17. The van der Waals surface area contributed by atoms with Crippen LogP contribution < -0.4 is 5.32 Å². The Morgan fingerprint density at radius 3 is 2.91 bits per heavy atom. The van der Waals surface area contributed by atoms with E-state index in [1.54, 1.807) is 0 Å². The second kappa shape index (κ2) is 3.72. The lowest BCUT2D eigenvalue weighted by Crippen LogP contribution is -2.13. The van der Waals surface area contributed by atoms with E-state index < -0.39 is 0 Å². The Labute approximate surface area is 69.2 Å². The lowest BCUT2D eigenvalue weighted by Gasteiger charge is -2.16. The Balaban J connectivity index is 2.64. The molecule has 11 heavy (non-hydrogen) atoms. The van der Waals surface area contributed by atoms with Crippen LogP contribution in [0.5, 0.6) is 0 Å². The predicted molar refractivity (Wildman–Crippen MR) is 49.5 cm³/mol. The molecular weight excluding hydrogens is 134 g/mol. The standard InChI is InChI=1S/C10H17N/c1-8-4-5-10(7-11-3)9(2)6-8/h4-5,8,11H,6-7H2,1-3H3. The van der Waals surface area contributed by atoms with Gasteiger partial charge in [-0.25, -0.2) is 0 Å². The van der Waals surface area contributed by atoms with Crippen LogP contribution in [0, 0.1) is 5.92 Å². The maximum Gasteiger partial charge on any atom is 0.0201 e. The molecule has 1 N–H and O–H groups in total. The number of likely N-dealkylation sites (N-methyl/N-ethyl adjacent to an activating group) is 1. The first-order valence-corrected chi connectivity index (χ1v) is 4.25. The first-order chi connectivity index (χ1) is 5.24. The number of nitrogens with one attached hydrogen (secondary N) is 1. The van der Waals surface area contributed by atoms with Gasteiger partial charge in [0, 0.05) is 6.54 Å². The molecular formula is C10H17N. The lowest BCUT2D eigenvalue weighted by molar-refractivity contribution is 0.691. The van der Waals surface area contributed by atoms with Crippen molar-refractivity contribution < 1.29 is 0 Å². The molecule has 0 aromatic carbocycles. The normalized spacial score (nSPS) is 24.5. The zero-order valence-electron chi connectivity index (χ0n) is 7.65. The minimum absolute atomic E-state index is 0.732. The van der Waals surface area contributed by atoms with Gasteiger partial charge in [0.15, 0.2) is 0 Å². The first-order valence-electron chi connectivity index (χ1n) is 4.25. The second-order valence-corrected chi connectivity index (χ2v) is 3.38. The molecule has 0 aromatic heterocycles. The highest BCUT2D eigenvalue weighted by Crippen LogP contribution is 2.21. The smallest absolute Gasteiger partial charge is 0.0201 e. The van der Waals surface area contributed by atoms with Gasteiger partial charge >= 0.3 is 0 Å². The van der Waals surface area contributed by atoms with Gasteiger partial charge in [0.1, 0.15) is 0 Å². The fourth-order valence-electron chi connectivity index (χ4n) is 1.51. The fourth-order valence-corrected chi connectivity index (χ4v) is 1.51. The van der Waals surface area contributed by atoms with E-state index >= 15 is 0 Å². The van der Waals surface area contributed by atoms with Crippen LogP contribution in [-0.4, -0.2) is 13.6 Å². The van der Waals surface area contributed by atoms with Crippen LogP contribution in [0.4, 0.5) is 0 Å². The van der Waals surface area contributed by atoms with E-state index in [1.807, 2.05) is 7.05 Å². The molecule has 1 aliphatic carbocycles. The average Bonchev–Trinajstić information content (AvgIpc) is 1.95. The van der Waals surface area contributed by atoms with E-state index in [-0.39, 0.29) is 0 Å². The van der Waals surface area contributed by atoms with Crippen molar-refractivity contribution in [3.8, 4) is 0 Å². The predicted octanol–water partition coefficient (Wildman–Crippen LogP) is 2.12. The van der Waals surface area contributed by atoms with Gasteiger partial charge in [-0.3, -0.25) is 0 Å². The van der Waals surface area contributed by atoms with Crippen LogP contribution in [0.2, 0.25) is 0 Å². The molecule has 0 saturated carbocycles. The van der Waals surface area contributed by atoms with Crippen molar-refractivity contribution in [1.82, 2.24) is 5.32 Å². The minimum atomic E-state index is 0.732. The Hall–Kier alpha value is -0.560. The Morgan fingerprint density at radius 1 is 1.64 bits per heavy atom. The zero-order chi connectivity index (χ0) is 8.27. The summed E-state index contributed by atoms with van der Waals surface area (Å²) in [5, 5.41) is 3.17. The molecule has 0 saturated heterocycles. The fraction of sp³-hybridized carbons (Fsp3) is 0.600. The zero-order valence-corrected chi connectivity index (χ0v) is 7.65. The monoisotopic (exact) mass is 151 g/mol. The number of hydrogen-bond donors (Lipinski definition) is 1. The van der Waals surface area contributed by atoms with Crippen LogP contribution in [0.1, 0.15) is 20.3 Å². The van der Waals surface area contributed by atoms with Crippen LogP contribution in [0.25, 0.3) is 0 Å². The van der Waals surface area contributed by atoms with E-state index in [0.717, 1.165) is 12.5 Å². The molecule has 0 spiro atoms. The quantitative estimate of drug-likeness (QED) is 0.637. The molecule has 0 heterocycles. The summed E-state index contributed by atoms with van der Waals surface area (Å²) in [5.74, 6) is 0.732. The average molecular weight is 151 g/mol. The van der Waals surface area contributed by atoms with Crippen molar-refractivity contribution in [2.75, 3.05) is 13.6 Å². The number of hydrogen-bond acceptors (Lipinski definition) is 1. The van der Waals surface area contributed by atoms with E-state index in [4.69, 9.17) is 0 Å². The van der Waals surface area contributed by atoms with Gasteiger partial charge in [0.25, 0.3) is 0 Å².